The van der Waals surface area contributed by atoms with Crippen LogP contribution < -0.4 is 9.75 Å². The van der Waals surface area contributed by atoms with Crippen LogP contribution in [0.1, 0.15) is 36.7 Å². The minimum Gasteiger partial charge on any atom is -0.468 e. The summed E-state index contributed by atoms with van der Waals surface area (Å²) in [6.45, 7) is 6.34. The fourth-order valence-corrected chi connectivity index (χ4v) is 3.30. The number of aldehydes is 1. The number of ether oxygens (including phenoxy) is 3. The molecule has 8 nitrogen and oxygen atoms in total. The molecule has 0 N–H and O–H groups in total. The van der Waals surface area contributed by atoms with Crippen LogP contribution in [0.3, 0.4) is 0 Å². The van der Waals surface area contributed by atoms with Crippen LogP contribution in [-0.4, -0.2) is 50.1 Å². The van der Waals surface area contributed by atoms with Gasteiger partial charge in [-0.1, -0.05) is 31.2 Å². The summed E-state index contributed by atoms with van der Waals surface area (Å²) in [6.07, 6.45) is -4.07. The Morgan fingerprint density at radius 3 is 2.11 bits per heavy atom. The van der Waals surface area contributed by atoms with E-state index in [1.165, 1.54) is 17.1 Å². The van der Waals surface area contributed by atoms with Crippen molar-refractivity contribution in [1.29, 1.82) is 0 Å². The minimum atomic E-state index is -4.80. The van der Waals surface area contributed by atoms with Crippen LogP contribution in [0.25, 0.3) is 0 Å². The Labute approximate surface area is 200 Å². The summed E-state index contributed by atoms with van der Waals surface area (Å²) >= 11 is 0. The van der Waals surface area contributed by atoms with Crippen LogP contribution >= 0.6 is 0 Å². The van der Waals surface area contributed by atoms with Crippen LogP contribution in [0.5, 0.6) is 5.75 Å². The number of halogens is 3. The van der Waals surface area contributed by atoms with Crippen LogP contribution in [0.15, 0.2) is 53.6 Å². The maximum absolute atomic E-state index is 12.6. The first kappa shape index (κ1) is 27.4. The third-order valence-electron chi connectivity index (χ3n) is 4.82. The Morgan fingerprint density at radius 1 is 1.03 bits per heavy atom. The number of carbonyl (C=O) groups excluding carboxylic acids is 3. The first-order valence-corrected chi connectivity index (χ1v) is 10.7. The molecule has 2 atom stereocenters. The summed E-state index contributed by atoms with van der Waals surface area (Å²) < 4.78 is 50.4. The molecule has 0 saturated heterocycles. The number of hydrazone groups is 1. The number of carbonyl (C=O) groups is 3. The number of benzene rings is 2. The molecule has 1 heterocycles. The van der Waals surface area contributed by atoms with Gasteiger partial charge in [0.05, 0.1) is 24.6 Å². The topological polar surface area (TPSA) is 94.5 Å². The summed E-state index contributed by atoms with van der Waals surface area (Å²) in [6, 6.07) is 11.0. The average Bonchev–Trinajstić information content (AvgIpc) is 3.17. The highest BCUT2D eigenvalue weighted by molar-refractivity contribution is 6.08. The van der Waals surface area contributed by atoms with E-state index in [0.717, 1.165) is 24.0 Å². The number of esters is 1. The number of anilines is 1. The summed E-state index contributed by atoms with van der Waals surface area (Å²) in [5.41, 5.74) is 2.24. The monoisotopic (exact) mass is 494 g/mol. The van der Waals surface area contributed by atoms with Crippen molar-refractivity contribution in [2.24, 2.45) is 11.0 Å². The smallest absolute Gasteiger partial charge is 0.468 e. The molecule has 2 aromatic carbocycles. The number of hydrogen-bond acceptors (Lipinski definition) is 8. The third kappa shape index (κ3) is 7.56. The molecule has 11 heteroatoms. The number of hydrogen-bond donors (Lipinski definition) is 0. The van der Waals surface area contributed by atoms with Gasteiger partial charge >= 0.3 is 12.3 Å². The van der Waals surface area contributed by atoms with Crippen molar-refractivity contribution >= 4 is 30.1 Å². The lowest BCUT2D eigenvalue weighted by Crippen LogP contribution is -2.40. The predicted octanol–water partition coefficient (Wildman–Crippen LogP) is 4.37. The average molecular weight is 494 g/mol. The molecule has 2 unspecified atom stereocenters. The fourth-order valence-electron chi connectivity index (χ4n) is 3.30. The highest BCUT2D eigenvalue weighted by atomic mass is 19.4. The molecule has 35 heavy (non-hydrogen) atoms. The maximum atomic E-state index is 12.6. The van der Waals surface area contributed by atoms with Gasteiger partial charge in [0, 0.05) is 11.5 Å². The molecular formula is C24H25F3N2O6. The minimum absolute atomic E-state index is 0.178. The molecular weight excluding hydrogens is 469 g/mol. The van der Waals surface area contributed by atoms with Crippen LogP contribution in [0, 0.1) is 5.92 Å². The van der Waals surface area contributed by atoms with E-state index >= 15 is 0 Å². The van der Waals surface area contributed by atoms with Crippen molar-refractivity contribution in [3.05, 3.63) is 59.7 Å². The molecule has 0 spiro atoms. The van der Waals surface area contributed by atoms with Crippen LogP contribution in [0.4, 0.5) is 18.9 Å². The summed E-state index contributed by atoms with van der Waals surface area (Å²) in [5, 5.41) is 5.99. The summed E-state index contributed by atoms with van der Waals surface area (Å²) in [5.74, 6) is -1.24. The van der Waals surface area contributed by atoms with E-state index in [0.29, 0.717) is 30.0 Å². The lowest BCUT2D eigenvalue weighted by molar-refractivity contribution is -0.274. The molecule has 0 bridgehead atoms. The normalized spacial score (nSPS) is 17.0. The molecule has 0 fully saturated rings. The predicted molar refractivity (Wildman–Crippen MR) is 121 cm³/mol. The van der Waals surface area contributed by atoms with Crippen LogP contribution in [0.2, 0.25) is 0 Å². The lowest BCUT2D eigenvalue weighted by atomic mass is 9.92. The number of nitrogens with zero attached hydrogens (tertiary/aromatic N) is 2. The zero-order valence-electron chi connectivity index (χ0n) is 19.3. The van der Waals surface area contributed by atoms with Gasteiger partial charge in [-0.05, 0) is 43.7 Å². The first-order valence-electron chi connectivity index (χ1n) is 10.7. The largest absolute Gasteiger partial charge is 0.573 e. The van der Waals surface area contributed by atoms with E-state index in [1.807, 2.05) is 6.92 Å². The molecule has 0 aromatic heterocycles. The second-order valence-electron chi connectivity index (χ2n) is 7.15. The van der Waals surface area contributed by atoms with Crippen molar-refractivity contribution in [2.45, 2.75) is 33.2 Å². The van der Waals surface area contributed by atoms with Gasteiger partial charge in [0.1, 0.15) is 12.0 Å². The lowest BCUT2D eigenvalue weighted by Gasteiger charge is -2.24. The van der Waals surface area contributed by atoms with Crippen molar-refractivity contribution in [2.75, 3.05) is 18.2 Å². The molecule has 188 valence electrons. The van der Waals surface area contributed by atoms with Gasteiger partial charge in [-0.25, -0.2) is 4.79 Å². The van der Waals surface area contributed by atoms with E-state index in [-0.39, 0.29) is 18.3 Å². The highest BCUT2D eigenvalue weighted by Gasteiger charge is 2.41. The van der Waals surface area contributed by atoms with Gasteiger partial charge < -0.3 is 14.2 Å². The number of rotatable bonds is 8. The summed E-state index contributed by atoms with van der Waals surface area (Å²) in [7, 11) is 0. The van der Waals surface area contributed by atoms with Gasteiger partial charge in [-0.3, -0.25) is 14.6 Å². The van der Waals surface area contributed by atoms with E-state index in [4.69, 9.17) is 4.74 Å². The van der Waals surface area contributed by atoms with Gasteiger partial charge in [0.25, 0.3) is 6.47 Å². The summed E-state index contributed by atoms with van der Waals surface area (Å²) in [4.78, 5) is 32.7. The van der Waals surface area contributed by atoms with Gasteiger partial charge in [-0.15, -0.1) is 13.2 Å². The molecule has 0 aliphatic carbocycles. The molecule has 3 rings (SSSR count). The van der Waals surface area contributed by atoms with Crippen molar-refractivity contribution in [1.82, 2.24) is 0 Å². The third-order valence-corrected chi connectivity index (χ3v) is 4.82. The molecule has 1 aliphatic rings. The zero-order chi connectivity index (χ0) is 26.0. The van der Waals surface area contributed by atoms with Gasteiger partial charge in [-0.2, -0.15) is 5.10 Å². The Morgan fingerprint density at radius 2 is 1.66 bits per heavy atom. The SMILES string of the molecule is CCOC(=O)C1C(C)C(c2ccc(C=O)cc2)=NN1c1ccc(OC(F)(F)F)cc1.CCOC=O. The Kier molecular flexibility index (Phi) is 9.80. The Bertz CT molecular complexity index is 1020. The molecule has 0 amide bonds. The second-order valence-corrected chi connectivity index (χ2v) is 7.15. The highest BCUT2D eigenvalue weighted by Crippen LogP contribution is 2.33. The van der Waals surface area contributed by atoms with Gasteiger partial charge in [0.15, 0.2) is 6.04 Å². The van der Waals surface area contributed by atoms with E-state index < -0.39 is 18.4 Å². The van der Waals surface area contributed by atoms with Crippen molar-refractivity contribution in [3.63, 3.8) is 0 Å². The van der Waals surface area contributed by atoms with Crippen molar-refractivity contribution < 1.29 is 41.8 Å². The molecule has 0 radical (unpaired) electrons. The first-order chi connectivity index (χ1) is 16.6. The Hall–Kier alpha value is -3.89. The standard InChI is InChI=1S/C21H19F3N2O4.C3H6O2/c1-3-29-20(28)19-13(2)18(15-6-4-14(12-27)5-7-15)25-26(19)16-8-10-17(11-9-16)30-21(22,23)24;1-2-5-3-4/h4-13,19H,3H2,1-2H3;3H,2H2,1H3. The molecule has 1 aliphatic heterocycles. The maximum Gasteiger partial charge on any atom is 0.573 e. The van der Waals surface area contributed by atoms with E-state index in [1.54, 1.807) is 38.1 Å². The number of alkyl halides is 3. The molecule has 2 aromatic rings. The second kappa shape index (κ2) is 12.5. The van der Waals surface area contributed by atoms with E-state index in [2.05, 4.69) is 14.6 Å². The van der Waals surface area contributed by atoms with E-state index in [9.17, 15) is 27.6 Å². The zero-order valence-corrected chi connectivity index (χ0v) is 19.3. The van der Waals surface area contributed by atoms with Crippen molar-refractivity contribution in [3.8, 4) is 5.75 Å². The van der Waals surface area contributed by atoms with Crippen LogP contribution in [-0.2, 0) is 19.1 Å². The van der Waals surface area contributed by atoms with Gasteiger partial charge in [0.2, 0.25) is 0 Å². The Balaban J connectivity index is 0.000000784. The fraction of sp³-hybridized carbons (Fsp3) is 0.333. The molecule has 0 saturated carbocycles. The quantitative estimate of drug-likeness (QED) is 0.397.